The van der Waals surface area contributed by atoms with Crippen molar-refractivity contribution in [2.45, 2.75) is 69.6 Å². The van der Waals surface area contributed by atoms with Gasteiger partial charge in [0.2, 0.25) is 11.1 Å². The minimum absolute atomic E-state index is 0.166. The number of tetrazole rings is 1. The Morgan fingerprint density at radius 3 is 2.83 bits per heavy atom. The molecule has 1 N–H and O–H groups in total. The average Bonchev–Trinajstić information content (AvgIpc) is 3.14. The predicted octanol–water partition coefficient (Wildman–Crippen LogP) is 2.32. The maximum Gasteiger partial charge on any atom is 0.231 e. The number of rotatable bonds is 7. The van der Waals surface area contributed by atoms with Crippen LogP contribution in [0, 0.1) is 17.2 Å². The van der Waals surface area contributed by atoms with Gasteiger partial charge in [-0.2, -0.15) is 5.26 Å². The maximum absolute atomic E-state index is 12.2. The van der Waals surface area contributed by atoms with Crippen LogP contribution in [-0.4, -0.2) is 37.4 Å². The Morgan fingerprint density at radius 2 is 2.22 bits per heavy atom. The van der Waals surface area contributed by atoms with Crippen LogP contribution in [0.5, 0.6) is 0 Å². The third kappa shape index (κ3) is 4.93. The Hall–Kier alpha value is -1.62. The molecule has 1 saturated carbocycles. The smallest absolute Gasteiger partial charge is 0.231 e. The predicted molar refractivity (Wildman–Crippen MR) is 87.7 cm³/mol. The van der Waals surface area contributed by atoms with Gasteiger partial charge in [0, 0.05) is 0 Å². The quantitative estimate of drug-likeness (QED) is 0.768. The van der Waals surface area contributed by atoms with Gasteiger partial charge in [0.1, 0.15) is 5.54 Å². The SMILES string of the molecule is CC(C)C[C@](C)(C#N)NC(=O)CSc1nnnn1C1CCCC1. The van der Waals surface area contributed by atoms with E-state index in [4.69, 9.17) is 0 Å². The molecular weight excluding hydrogens is 312 g/mol. The first-order valence-corrected chi connectivity index (χ1v) is 9.05. The van der Waals surface area contributed by atoms with Gasteiger partial charge in [-0.1, -0.05) is 38.5 Å². The summed E-state index contributed by atoms with van der Waals surface area (Å²) in [5.41, 5.74) is -0.830. The van der Waals surface area contributed by atoms with Crippen molar-refractivity contribution in [1.82, 2.24) is 25.5 Å². The topological polar surface area (TPSA) is 96.5 Å². The third-order valence-corrected chi connectivity index (χ3v) is 4.88. The molecule has 0 saturated heterocycles. The second kappa shape index (κ2) is 7.77. The maximum atomic E-state index is 12.2. The minimum Gasteiger partial charge on any atom is -0.337 e. The fourth-order valence-corrected chi connectivity index (χ4v) is 3.82. The summed E-state index contributed by atoms with van der Waals surface area (Å²) in [4.78, 5) is 12.2. The van der Waals surface area contributed by atoms with Crippen LogP contribution < -0.4 is 5.32 Å². The zero-order valence-corrected chi connectivity index (χ0v) is 14.8. The van der Waals surface area contributed by atoms with Crippen molar-refractivity contribution < 1.29 is 4.79 Å². The van der Waals surface area contributed by atoms with Crippen LogP contribution in [0.2, 0.25) is 0 Å². The van der Waals surface area contributed by atoms with Crippen molar-refractivity contribution in [3.63, 3.8) is 0 Å². The number of aromatic nitrogens is 4. The average molecular weight is 336 g/mol. The highest BCUT2D eigenvalue weighted by Gasteiger charge is 2.28. The Kier molecular flexibility index (Phi) is 5.99. The van der Waals surface area contributed by atoms with Gasteiger partial charge in [-0.3, -0.25) is 4.79 Å². The van der Waals surface area contributed by atoms with Crippen molar-refractivity contribution in [3.05, 3.63) is 0 Å². The summed E-state index contributed by atoms with van der Waals surface area (Å²) in [7, 11) is 0. The van der Waals surface area contributed by atoms with Crippen LogP contribution in [0.3, 0.4) is 0 Å². The first-order valence-electron chi connectivity index (χ1n) is 8.06. The first kappa shape index (κ1) is 17.7. The van der Waals surface area contributed by atoms with E-state index in [1.54, 1.807) is 6.92 Å². The van der Waals surface area contributed by atoms with Gasteiger partial charge in [-0.25, -0.2) is 4.68 Å². The summed E-state index contributed by atoms with van der Waals surface area (Å²) in [6.45, 7) is 5.83. The monoisotopic (exact) mass is 336 g/mol. The highest BCUT2D eigenvalue weighted by Crippen LogP contribution is 2.31. The molecule has 8 heteroatoms. The van der Waals surface area contributed by atoms with Gasteiger partial charge in [-0.15, -0.1) is 5.10 Å². The molecule has 1 atom stereocenters. The molecule has 1 fully saturated rings. The van der Waals surface area contributed by atoms with E-state index in [2.05, 4.69) is 26.9 Å². The van der Waals surface area contributed by atoms with Gasteiger partial charge in [-0.05, 0) is 42.5 Å². The molecule has 0 aromatic carbocycles. The molecular formula is C15H24N6OS. The van der Waals surface area contributed by atoms with Gasteiger partial charge >= 0.3 is 0 Å². The number of thioether (sulfide) groups is 1. The number of nitrogens with zero attached hydrogens (tertiary/aromatic N) is 5. The molecule has 0 bridgehead atoms. The lowest BCUT2D eigenvalue weighted by Gasteiger charge is -2.25. The highest BCUT2D eigenvalue weighted by molar-refractivity contribution is 7.99. The summed E-state index contributed by atoms with van der Waals surface area (Å²) in [6, 6.07) is 2.55. The molecule has 7 nitrogen and oxygen atoms in total. The Balaban J connectivity index is 1.90. The summed E-state index contributed by atoms with van der Waals surface area (Å²) >= 11 is 1.32. The van der Waals surface area contributed by atoms with E-state index in [-0.39, 0.29) is 11.7 Å². The Bertz CT molecular complexity index is 575. The van der Waals surface area contributed by atoms with Crippen LogP contribution in [0.15, 0.2) is 5.16 Å². The number of hydrogen-bond acceptors (Lipinski definition) is 6. The number of carbonyl (C=O) groups is 1. The highest BCUT2D eigenvalue weighted by atomic mass is 32.2. The molecule has 1 aliphatic carbocycles. The van der Waals surface area contributed by atoms with E-state index < -0.39 is 5.54 Å². The van der Waals surface area contributed by atoms with Gasteiger partial charge in [0.15, 0.2) is 0 Å². The fraction of sp³-hybridized carbons (Fsp3) is 0.800. The molecule has 126 valence electrons. The zero-order valence-electron chi connectivity index (χ0n) is 13.9. The Morgan fingerprint density at radius 1 is 1.52 bits per heavy atom. The van der Waals surface area contributed by atoms with Crippen LogP contribution >= 0.6 is 11.8 Å². The van der Waals surface area contributed by atoms with E-state index in [0.717, 1.165) is 12.8 Å². The van der Waals surface area contributed by atoms with Crippen LogP contribution in [0.4, 0.5) is 0 Å². The van der Waals surface area contributed by atoms with E-state index in [0.29, 0.717) is 23.5 Å². The molecule has 1 amide bonds. The van der Waals surface area contributed by atoms with Crippen molar-refractivity contribution in [1.29, 1.82) is 5.26 Å². The van der Waals surface area contributed by atoms with E-state index in [1.807, 2.05) is 18.5 Å². The second-order valence-electron chi connectivity index (χ2n) is 6.72. The van der Waals surface area contributed by atoms with Gasteiger partial charge in [0.05, 0.1) is 17.9 Å². The lowest BCUT2D eigenvalue weighted by molar-refractivity contribution is -0.119. The molecule has 23 heavy (non-hydrogen) atoms. The molecule has 0 radical (unpaired) electrons. The van der Waals surface area contributed by atoms with Crippen LogP contribution in [-0.2, 0) is 4.79 Å². The molecule has 0 aliphatic heterocycles. The van der Waals surface area contributed by atoms with Gasteiger partial charge < -0.3 is 5.32 Å². The van der Waals surface area contributed by atoms with Crippen LogP contribution in [0.25, 0.3) is 0 Å². The van der Waals surface area contributed by atoms with Crippen molar-refractivity contribution >= 4 is 17.7 Å². The molecule has 1 heterocycles. The summed E-state index contributed by atoms with van der Waals surface area (Å²) < 4.78 is 1.84. The lowest BCUT2D eigenvalue weighted by atomic mass is 9.92. The largest absolute Gasteiger partial charge is 0.337 e. The standard InChI is InChI=1S/C15H24N6OS/c1-11(2)8-15(3,10-16)17-13(22)9-23-14-18-19-20-21(14)12-6-4-5-7-12/h11-12H,4-9H2,1-3H3,(H,17,22)/t15-/m1/s1. The third-order valence-electron chi connectivity index (χ3n) is 3.94. The molecule has 0 spiro atoms. The van der Waals surface area contributed by atoms with Crippen LogP contribution in [0.1, 0.15) is 58.9 Å². The molecule has 1 aliphatic rings. The van der Waals surface area contributed by atoms with Crippen molar-refractivity contribution in [3.8, 4) is 6.07 Å². The molecule has 0 unspecified atom stereocenters. The second-order valence-corrected chi connectivity index (χ2v) is 7.67. The van der Waals surface area contributed by atoms with Crippen molar-refractivity contribution in [2.24, 2.45) is 5.92 Å². The number of hydrogen-bond donors (Lipinski definition) is 1. The minimum atomic E-state index is -0.830. The van der Waals surface area contributed by atoms with Crippen molar-refractivity contribution in [2.75, 3.05) is 5.75 Å². The van der Waals surface area contributed by atoms with E-state index in [1.165, 1.54) is 24.6 Å². The summed E-state index contributed by atoms with van der Waals surface area (Å²) in [5.74, 6) is 0.380. The summed E-state index contributed by atoms with van der Waals surface area (Å²) in [5, 5.41) is 24.6. The molecule has 1 aromatic heterocycles. The number of amides is 1. The molecule has 2 rings (SSSR count). The molecule has 1 aromatic rings. The number of carbonyl (C=O) groups excluding carboxylic acids is 1. The fourth-order valence-electron chi connectivity index (χ4n) is 3.07. The van der Waals surface area contributed by atoms with E-state index in [9.17, 15) is 10.1 Å². The zero-order chi connectivity index (χ0) is 16.9. The van der Waals surface area contributed by atoms with Gasteiger partial charge in [0.25, 0.3) is 0 Å². The number of nitriles is 1. The number of nitrogens with one attached hydrogen (secondary N) is 1. The Labute approximate surface area is 141 Å². The summed E-state index contributed by atoms with van der Waals surface area (Å²) in [6.07, 6.45) is 5.20. The first-order chi connectivity index (χ1) is 10.9. The van der Waals surface area contributed by atoms with E-state index >= 15 is 0 Å². The normalized spacial score (nSPS) is 17.9. The lowest BCUT2D eigenvalue weighted by Crippen LogP contribution is -2.46.